The molecule has 1 aromatic heterocycles. The number of hydrogen-bond donors (Lipinski definition) is 3. The average molecular weight is 206 g/mol. The van der Waals surface area contributed by atoms with E-state index in [2.05, 4.69) is 26.1 Å². The van der Waals surface area contributed by atoms with E-state index >= 15 is 0 Å². The van der Waals surface area contributed by atoms with Gasteiger partial charge in [-0.2, -0.15) is 5.10 Å². The van der Waals surface area contributed by atoms with E-state index in [1.54, 1.807) is 0 Å². The lowest BCUT2D eigenvalue weighted by molar-refractivity contribution is 0.0691. The number of carboxylic acid groups (broad SMARTS) is 1. The quantitative estimate of drug-likeness (QED) is 0.621. The molecule has 4 N–H and O–H groups in total. The van der Waals surface area contributed by atoms with Crippen LogP contribution < -0.4 is 5.73 Å². The highest BCUT2D eigenvalue weighted by Gasteiger charge is 2.13. The van der Waals surface area contributed by atoms with Crippen molar-refractivity contribution in [3.05, 3.63) is 10.3 Å². The summed E-state index contributed by atoms with van der Waals surface area (Å²) in [6, 6.07) is 0. The Hall–Kier alpha value is -1.04. The molecule has 1 heterocycles. The Labute approximate surface area is 64.4 Å². The maximum Gasteiger partial charge on any atom is 0.358 e. The van der Waals surface area contributed by atoms with E-state index < -0.39 is 5.97 Å². The van der Waals surface area contributed by atoms with Gasteiger partial charge in [-0.3, -0.25) is 5.10 Å². The van der Waals surface area contributed by atoms with E-state index in [4.69, 9.17) is 10.8 Å². The summed E-state index contributed by atoms with van der Waals surface area (Å²) in [5.74, 6) is -1.14. The average Bonchev–Trinajstić information content (AvgIpc) is 2.14. The largest absolute Gasteiger partial charge is 0.476 e. The molecule has 5 nitrogen and oxygen atoms in total. The van der Waals surface area contributed by atoms with Crippen molar-refractivity contribution in [2.45, 2.75) is 0 Å². The molecule has 6 heteroatoms. The van der Waals surface area contributed by atoms with Crippen LogP contribution in [0.1, 0.15) is 10.5 Å². The standard InChI is InChI=1S/C4H4BrN3O2/c5-3-1(6)2(4(9)10)7-8-3/h6H2,(H,7,8)(H,9,10). The second kappa shape index (κ2) is 2.30. The highest BCUT2D eigenvalue weighted by molar-refractivity contribution is 9.10. The van der Waals surface area contributed by atoms with E-state index in [0.717, 1.165) is 0 Å². The van der Waals surface area contributed by atoms with E-state index in [0.29, 0.717) is 4.60 Å². The third-order valence-corrected chi connectivity index (χ3v) is 1.56. The van der Waals surface area contributed by atoms with Gasteiger partial charge in [0.25, 0.3) is 0 Å². The number of carbonyl (C=O) groups is 1. The minimum atomic E-state index is -1.14. The predicted octanol–water partition coefficient (Wildman–Crippen LogP) is 0.453. The number of rotatable bonds is 1. The molecule has 1 rings (SSSR count). The summed E-state index contributed by atoms with van der Waals surface area (Å²) < 4.78 is 0.393. The van der Waals surface area contributed by atoms with Gasteiger partial charge in [0.1, 0.15) is 4.60 Å². The number of H-pyrrole nitrogens is 1. The first-order valence-corrected chi connectivity index (χ1v) is 3.15. The predicted molar refractivity (Wildman–Crippen MR) is 37.7 cm³/mol. The SMILES string of the molecule is Nc1c(C(=O)O)n[nH]c1Br. The minimum Gasteiger partial charge on any atom is -0.476 e. The van der Waals surface area contributed by atoms with Gasteiger partial charge >= 0.3 is 5.97 Å². The molecule has 1 aromatic rings. The van der Waals surface area contributed by atoms with E-state index in [9.17, 15) is 4.79 Å². The molecule has 0 fully saturated rings. The third-order valence-electron chi connectivity index (χ3n) is 0.960. The number of nitrogens with one attached hydrogen (secondary N) is 1. The van der Waals surface area contributed by atoms with Gasteiger partial charge in [0.15, 0.2) is 5.69 Å². The molecule has 0 radical (unpaired) electrons. The summed E-state index contributed by atoms with van der Waals surface area (Å²) in [4.78, 5) is 10.3. The summed E-state index contributed by atoms with van der Waals surface area (Å²) in [6.07, 6.45) is 0. The Morgan fingerprint density at radius 2 is 2.40 bits per heavy atom. The van der Waals surface area contributed by atoms with Crippen molar-refractivity contribution in [3.63, 3.8) is 0 Å². The second-order valence-corrected chi connectivity index (χ2v) is 2.40. The van der Waals surface area contributed by atoms with Gasteiger partial charge in [0.05, 0.1) is 5.69 Å². The van der Waals surface area contributed by atoms with Crippen molar-refractivity contribution < 1.29 is 9.90 Å². The van der Waals surface area contributed by atoms with Crippen molar-refractivity contribution >= 4 is 27.6 Å². The van der Waals surface area contributed by atoms with Crippen molar-refractivity contribution in [2.24, 2.45) is 0 Å². The summed E-state index contributed by atoms with van der Waals surface area (Å²) in [5.41, 5.74) is 5.24. The van der Waals surface area contributed by atoms with Gasteiger partial charge in [0.2, 0.25) is 0 Å². The fraction of sp³-hybridized carbons (Fsp3) is 0. The smallest absolute Gasteiger partial charge is 0.358 e. The highest BCUT2D eigenvalue weighted by atomic mass is 79.9. The zero-order valence-electron chi connectivity index (χ0n) is 4.76. The molecule has 0 saturated heterocycles. The maximum absolute atomic E-state index is 10.3. The van der Waals surface area contributed by atoms with Gasteiger partial charge < -0.3 is 10.8 Å². The van der Waals surface area contributed by atoms with Crippen LogP contribution in [0.4, 0.5) is 5.69 Å². The van der Waals surface area contributed by atoms with E-state index in [1.165, 1.54) is 0 Å². The monoisotopic (exact) mass is 205 g/mol. The van der Waals surface area contributed by atoms with Gasteiger partial charge in [0, 0.05) is 0 Å². The fourth-order valence-electron chi connectivity index (χ4n) is 0.492. The Kier molecular flexibility index (Phi) is 1.62. The van der Waals surface area contributed by atoms with Gasteiger partial charge in [-0.15, -0.1) is 0 Å². The lowest BCUT2D eigenvalue weighted by atomic mass is 10.4. The first kappa shape index (κ1) is 7.07. The van der Waals surface area contributed by atoms with Crippen molar-refractivity contribution in [1.82, 2.24) is 10.2 Å². The van der Waals surface area contributed by atoms with Crippen LogP contribution in [0.2, 0.25) is 0 Å². The Bertz CT molecular complexity index is 269. The molecular formula is C4H4BrN3O2. The molecule has 10 heavy (non-hydrogen) atoms. The van der Waals surface area contributed by atoms with Crippen LogP contribution in [-0.2, 0) is 0 Å². The van der Waals surface area contributed by atoms with Crippen LogP contribution in [0, 0.1) is 0 Å². The number of aromatic amines is 1. The number of anilines is 1. The van der Waals surface area contributed by atoms with Gasteiger partial charge in [-0.1, -0.05) is 0 Å². The summed E-state index contributed by atoms with van der Waals surface area (Å²) >= 11 is 2.98. The van der Waals surface area contributed by atoms with Crippen LogP contribution in [0.25, 0.3) is 0 Å². The fourth-order valence-corrected chi connectivity index (χ4v) is 0.769. The molecule has 0 aliphatic carbocycles. The topological polar surface area (TPSA) is 92.0 Å². The van der Waals surface area contributed by atoms with Crippen LogP contribution in [0.15, 0.2) is 4.60 Å². The first-order valence-electron chi connectivity index (χ1n) is 2.35. The maximum atomic E-state index is 10.3. The first-order chi connectivity index (χ1) is 4.63. The molecule has 0 unspecified atom stereocenters. The molecule has 0 aromatic carbocycles. The van der Waals surface area contributed by atoms with Crippen LogP contribution in [0.5, 0.6) is 0 Å². The van der Waals surface area contributed by atoms with Crippen LogP contribution in [-0.4, -0.2) is 21.3 Å². The van der Waals surface area contributed by atoms with E-state index in [-0.39, 0.29) is 11.4 Å². The lowest BCUT2D eigenvalue weighted by Crippen LogP contribution is -2.00. The zero-order valence-corrected chi connectivity index (χ0v) is 6.34. The van der Waals surface area contributed by atoms with Crippen molar-refractivity contribution in [1.29, 1.82) is 0 Å². The molecule has 0 saturated carbocycles. The number of nitrogens with zero attached hydrogens (tertiary/aromatic N) is 1. The number of carboxylic acids is 1. The third kappa shape index (κ3) is 0.971. The Balaban J connectivity index is 3.17. The molecule has 0 aliphatic rings. The summed E-state index contributed by atoms with van der Waals surface area (Å²) in [7, 11) is 0. The normalized spacial score (nSPS) is 9.70. The molecule has 0 amide bonds. The zero-order chi connectivity index (χ0) is 7.72. The van der Waals surface area contributed by atoms with Crippen LogP contribution in [0.3, 0.4) is 0 Å². The minimum absolute atomic E-state index is 0.118. The molecule has 0 atom stereocenters. The Morgan fingerprint density at radius 3 is 2.60 bits per heavy atom. The molecule has 0 spiro atoms. The number of halogens is 1. The van der Waals surface area contributed by atoms with Crippen molar-refractivity contribution in [2.75, 3.05) is 5.73 Å². The second-order valence-electron chi connectivity index (χ2n) is 1.61. The Morgan fingerprint density at radius 1 is 1.80 bits per heavy atom. The van der Waals surface area contributed by atoms with Crippen LogP contribution >= 0.6 is 15.9 Å². The number of aromatic carboxylic acids is 1. The summed E-state index contributed by atoms with van der Waals surface area (Å²) in [5, 5.41) is 14.2. The molecule has 0 aliphatic heterocycles. The number of hydrogen-bond acceptors (Lipinski definition) is 3. The van der Waals surface area contributed by atoms with E-state index in [1.807, 2.05) is 0 Å². The number of aromatic nitrogens is 2. The number of nitrogens with two attached hydrogens (primary N) is 1. The highest BCUT2D eigenvalue weighted by Crippen LogP contribution is 2.18. The molecule has 54 valence electrons. The summed E-state index contributed by atoms with van der Waals surface area (Å²) in [6.45, 7) is 0. The van der Waals surface area contributed by atoms with Gasteiger partial charge in [-0.25, -0.2) is 4.79 Å². The van der Waals surface area contributed by atoms with Gasteiger partial charge in [-0.05, 0) is 15.9 Å². The van der Waals surface area contributed by atoms with Crippen molar-refractivity contribution in [3.8, 4) is 0 Å². The molecule has 0 bridgehead atoms. The lowest BCUT2D eigenvalue weighted by Gasteiger charge is -1.86. The molecular weight excluding hydrogens is 202 g/mol. The number of nitrogen functional groups attached to an aromatic ring is 1.